The number of benzene rings is 1. The molecule has 0 aliphatic carbocycles. The molecule has 8 heteroatoms. The lowest BCUT2D eigenvalue weighted by Gasteiger charge is -2.02. The number of nitrogen functional groups attached to an aromatic ring is 1. The summed E-state index contributed by atoms with van der Waals surface area (Å²) in [4.78, 5) is 14.2. The summed E-state index contributed by atoms with van der Waals surface area (Å²) in [6.07, 6.45) is -4.95. The van der Waals surface area contributed by atoms with Gasteiger partial charge in [-0.15, -0.1) is 0 Å². The van der Waals surface area contributed by atoms with Crippen LogP contribution in [-0.4, -0.2) is 16.9 Å². The van der Waals surface area contributed by atoms with Crippen molar-refractivity contribution in [3.8, 4) is 0 Å². The summed E-state index contributed by atoms with van der Waals surface area (Å²) < 4.78 is 36.9. The first-order valence-corrected chi connectivity index (χ1v) is 5.89. The van der Waals surface area contributed by atoms with Crippen molar-refractivity contribution in [3.05, 3.63) is 35.2 Å². The number of nitrogens with two attached hydrogens (primary N) is 1. The number of anilines is 3. The fraction of sp³-hybridized carbons (Fsp3) is 0.0909. The number of alkyl halides is 3. The van der Waals surface area contributed by atoms with Crippen molar-refractivity contribution in [2.45, 2.75) is 6.18 Å². The van der Waals surface area contributed by atoms with E-state index in [0.29, 0.717) is 17.0 Å². The monoisotopic (exact) mass is 287 g/mol. The summed E-state index contributed by atoms with van der Waals surface area (Å²) in [5.41, 5.74) is 5.97. The molecule has 4 nitrogen and oxygen atoms in total. The predicted octanol–water partition coefficient (Wildman–Crippen LogP) is 3.21. The topological polar surface area (TPSA) is 68.0 Å². The van der Waals surface area contributed by atoms with Crippen LogP contribution in [0.1, 0.15) is 9.67 Å². The van der Waals surface area contributed by atoms with Gasteiger partial charge in [0.15, 0.2) is 5.13 Å². The lowest BCUT2D eigenvalue weighted by Crippen LogP contribution is -2.22. The molecule has 1 aromatic carbocycles. The van der Waals surface area contributed by atoms with Gasteiger partial charge in [-0.1, -0.05) is 29.5 Å². The number of aromatic nitrogens is 1. The van der Waals surface area contributed by atoms with Gasteiger partial charge in [0.2, 0.25) is 0 Å². The molecule has 2 rings (SSSR count). The molecule has 0 radical (unpaired) electrons. The average Bonchev–Trinajstić information content (AvgIpc) is 2.69. The van der Waals surface area contributed by atoms with Crippen LogP contribution in [0, 0.1) is 0 Å². The van der Waals surface area contributed by atoms with Crippen molar-refractivity contribution in [1.82, 2.24) is 4.98 Å². The molecule has 0 fully saturated rings. The van der Waals surface area contributed by atoms with Crippen LogP contribution in [0.3, 0.4) is 0 Å². The number of nitrogens with one attached hydrogen (secondary N) is 1. The third kappa shape index (κ3) is 3.02. The van der Waals surface area contributed by atoms with Crippen LogP contribution in [0.4, 0.5) is 29.8 Å². The van der Waals surface area contributed by atoms with Crippen molar-refractivity contribution in [2.75, 3.05) is 11.1 Å². The van der Waals surface area contributed by atoms with Crippen molar-refractivity contribution in [2.24, 2.45) is 0 Å². The highest BCUT2D eigenvalue weighted by Gasteiger charge is 2.42. The highest BCUT2D eigenvalue weighted by atomic mass is 32.1. The van der Waals surface area contributed by atoms with Crippen LogP contribution in [0.25, 0.3) is 0 Å². The minimum atomic E-state index is -4.95. The van der Waals surface area contributed by atoms with Gasteiger partial charge in [-0.05, 0) is 12.1 Å². The van der Waals surface area contributed by atoms with Crippen molar-refractivity contribution < 1.29 is 18.0 Å². The molecule has 3 N–H and O–H groups in total. The molecule has 100 valence electrons. The lowest BCUT2D eigenvalue weighted by atomic mass is 10.3. The van der Waals surface area contributed by atoms with Gasteiger partial charge in [0.05, 0.1) is 0 Å². The molecule has 19 heavy (non-hydrogen) atoms. The summed E-state index contributed by atoms with van der Waals surface area (Å²) >= 11 is 0.573. The van der Waals surface area contributed by atoms with Gasteiger partial charge in [0, 0.05) is 5.69 Å². The minimum absolute atomic E-state index is 0.135. The van der Waals surface area contributed by atoms with Gasteiger partial charge in [-0.3, -0.25) is 4.79 Å². The number of hydrogen-bond donors (Lipinski definition) is 2. The zero-order valence-electron chi connectivity index (χ0n) is 9.36. The Morgan fingerprint density at radius 2 is 1.89 bits per heavy atom. The summed E-state index contributed by atoms with van der Waals surface area (Å²) in [7, 11) is 0. The van der Waals surface area contributed by atoms with E-state index >= 15 is 0 Å². The first kappa shape index (κ1) is 13.3. The second-order valence-electron chi connectivity index (χ2n) is 3.55. The number of Topliss-reactive ketones (excluding diaryl/α,β-unsaturated/α-hetero) is 1. The van der Waals surface area contributed by atoms with E-state index in [2.05, 4.69) is 10.3 Å². The van der Waals surface area contributed by atoms with Gasteiger partial charge < -0.3 is 11.1 Å². The Morgan fingerprint density at radius 1 is 1.26 bits per heavy atom. The first-order chi connectivity index (χ1) is 8.88. The molecule has 2 aromatic rings. The number of carbonyl (C=O) groups excluding carboxylic acids is 1. The number of para-hydroxylation sites is 1. The fourth-order valence-corrected chi connectivity index (χ4v) is 2.19. The van der Waals surface area contributed by atoms with Gasteiger partial charge in [-0.25, -0.2) is 4.98 Å². The van der Waals surface area contributed by atoms with E-state index in [-0.39, 0.29) is 5.13 Å². The Hall–Kier alpha value is -2.09. The van der Waals surface area contributed by atoms with E-state index in [1.54, 1.807) is 30.3 Å². The average molecular weight is 287 g/mol. The maximum atomic E-state index is 12.3. The minimum Gasteiger partial charge on any atom is -0.382 e. The Balaban J connectivity index is 2.25. The maximum absolute atomic E-state index is 12.3. The lowest BCUT2D eigenvalue weighted by molar-refractivity contribution is -0.0882. The zero-order valence-corrected chi connectivity index (χ0v) is 10.2. The summed E-state index contributed by atoms with van der Waals surface area (Å²) in [5.74, 6) is -2.41. The number of halogens is 3. The van der Waals surface area contributed by atoms with E-state index < -0.39 is 22.7 Å². The van der Waals surface area contributed by atoms with Crippen LogP contribution >= 0.6 is 11.3 Å². The highest BCUT2D eigenvalue weighted by Crippen LogP contribution is 2.32. The van der Waals surface area contributed by atoms with Gasteiger partial charge in [0.1, 0.15) is 10.7 Å². The van der Waals surface area contributed by atoms with Crippen LogP contribution in [0.2, 0.25) is 0 Å². The van der Waals surface area contributed by atoms with E-state index in [0.717, 1.165) is 0 Å². The number of thiazole rings is 1. The third-order valence-corrected chi connectivity index (χ3v) is 3.13. The molecule has 1 heterocycles. The maximum Gasteiger partial charge on any atom is 0.455 e. The van der Waals surface area contributed by atoms with Crippen LogP contribution < -0.4 is 11.1 Å². The smallest absolute Gasteiger partial charge is 0.382 e. The summed E-state index contributed by atoms with van der Waals surface area (Å²) in [6.45, 7) is 0. The molecule has 0 unspecified atom stereocenters. The largest absolute Gasteiger partial charge is 0.455 e. The van der Waals surface area contributed by atoms with E-state index in [1.807, 2.05) is 0 Å². The quantitative estimate of drug-likeness (QED) is 0.851. The van der Waals surface area contributed by atoms with Crippen molar-refractivity contribution in [1.29, 1.82) is 0 Å². The van der Waals surface area contributed by atoms with E-state index in [9.17, 15) is 18.0 Å². The van der Waals surface area contributed by atoms with E-state index in [1.165, 1.54) is 0 Å². The summed E-state index contributed by atoms with van der Waals surface area (Å²) in [5, 5.41) is 2.91. The first-order valence-electron chi connectivity index (χ1n) is 5.08. The summed E-state index contributed by atoms with van der Waals surface area (Å²) in [6, 6.07) is 8.72. The molecule has 0 saturated carbocycles. The number of nitrogens with zero attached hydrogens (tertiary/aromatic N) is 1. The third-order valence-electron chi connectivity index (χ3n) is 2.14. The molecule has 0 saturated heterocycles. The Labute approximate surface area is 110 Å². The zero-order chi connectivity index (χ0) is 14.0. The standard InChI is InChI=1S/C11H8F3N3OS/c12-11(13,14)8(18)7-9(15)17-10(19-7)16-6-4-2-1-3-5-6/h1-5H,15H2,(H,16,17). The van der Waals surface area contributed by atoms with Gasteiger partial charge in [-0.2, -0.15) is 13.2 Å². The fourth-order valence-electron chi connectivity index (χ4n) is 1.32. The Bertz CT molecular complexity index is 595. The molecule has 0 bridgehead atoms. The molecule has 0 amide bonds. The number of ketones is 1. The second kappa shape index (κ2) is 4.88. The predicted molar refractivity (Wildman–Crippen MR) is 66.6 cm³/mol. The molecule has 0 aliphatic heterocycles. The SMILES string of the molecule is Nc1nc(Nc2ccccc2)sc1C(=O)C(F)(F)F. The molecule has 0 spiro atoms. The van der Waals surface area contributed by atoms with Crippen LogP contribution in [0.15, 0.2) is 30.3 Å². The molecule has 1 aromatic heterocycles. The second-order valence-corrected chi connectivity index (χ2v) is 4.55. The molecule has 0 atom stereocenters. The normalized spacial score (nSPS) is 11.3. The molecular weight excluding hydrogens is 279 g/mol. The Morgan fingerprint density at radius 3 is 2.47 bits per heavy atom. The number of rotatable bonds is 3. The molecule has 0 aliphatic rings. The highest BCUT2D eigenvalue weighted by molar-refractivity contribution is 7.18. The molecular formula is C11H8F3N3OS. The Kier molecular flexibility index (Phi) is 3.43. The van der Waals surface area contributed by atoms with Crippen LogP contribution in [0.5, 0.6) is 0 Å². The van der Waals surface area contributed by atoms with Crippen LogP contribution in [-0.2, 0) is 0 Å². The van der Waals surface area contributed by atoms with Gasteiger partial charge in [0.25, 0.3) is 5.78 Å². The van der Waals surface area contributed by atoms with E-state index in [4.69, 9.17) is 5.73 Å². The van der Waals surface area contributed by atoms with Gasteiger partial charge >= 0.3 is 6.18 Å². The van der Waals surface area contributed by atoms with Crippen molar-refractivity contribution >= 4 is 33.8 Å². The number of hydrogen-bond acceptors (Lipinski definition) is 5. The van der Waals surface area contributed by atoms with Crippen molar-refractivity contribution in [3.63, 3.8) is 0 Å². The number of carbonyl (C=O) groups is 1.